The molecule has 0 aromatic carbocycles. The van der Waals surface area contributed by atoms with Crippen molar-refractivity contribution in [2.75, 3.05) is 26.4 Å². The lowest BCUT2D eigenvalue weighted by molar-refractivity contribution is -0.388. The molecule has 30 atom stereocenters. The van der Waals surface area contributed by atoms with E-state index in [0.717, 1.165) is 16.7 Å². The SMILES string of the molecule is C/C(=C/CC/C(C)=C\CO[C@@H]1O[C@H](CO)[C@@H](O)[C@H](O[C@@H]2O[C@@H](C)[C@H](O)[C@@H](O)[C@H]2O)[C@H]1O[C@H]1O[C@@H](C)[C@H](O)[C@@H](O)[C@H]1O)CC/C=C(/C)CO[C@@H]1O[C@H](CO)[C@@H](O)[C@H](O[C@@H]2O[C@@H](C)[C@H](O)[C@@H](O)[C@H]2O)[C@H]1O[C@@H]1O[C@@H](C)[C@H](O)[C@@H](O)[C@H]1O. The Morgan fingerprint density at radius 3 is 0.987 bits per heavy atom. The van der Waals surface area contributed by atoms with Crippen LogP contribution in [-0.4, -0.2) is 292 Å². The quantitative estimate of drug-likeness (QED) is 0.0450. The summed E-state index contributed by atoms with van der Waals surface area (Å²) >= 11 is 0. The largest absolute Gasteiger partial charge is 0.394 e. The molecule has 0 spiro atoms. The van der Waals surface area contributed by atoms with Crippen LogP contribution in [-0.2, 0) is 56.8 Å². The molecule has 28 nitrogen and oxygen atoms in total. The predicted molar refractivity (Wildman–Crippen MR) is 264 cm³/mol. The van der Waals surface area contributed by atoms with E-state index >= 15 is 0 Å². The molecule has 0 unspecified atom stereocenters. The topological polar surface area (TPSA) is 434 Å². The van der Waals surface area contributed by atoms with Gasteiger partial charge < -0.3 is 139 Å². The summed E-state index contributed by atoms with van der Waals surface area (Å²) in [5.74, 6) is 0. The molecule has 28 heteroatoms. The first-order valence-electron chi connectivity index (χ1n) is 26.8. The lowest BCUT2D eigenvalue weighted by Crippen LogP contribution is -2.66. The van der Waals surface area contributed by atoms with Crippen molar-refractivity contribution in [3.05, 3.63) is 34.9 Å². The molecule has 0 saturated carbocycles. The number of hydrogen-bond donors (Lipinski definition) is 16. The molecule has 6 fully saturated rings. The molecule has 458 valence electrons. The van der Waals surface area contributed by atoms with Crippen LogP contribution in [0.2, 0.25) is 0 Å². The molecule has 0 amide bonds. The predicted octanol–water partition coefficient (Wildman–Crippen LogP) is -5.57. The lowest BCUT2D eigenvalue weighted by atomic mass is 9.96. The minimum absolute atomic E-state index is 0.0838. The van der Waals surface area contributed by atoms with Crippen molar-refractivity contribution < 1.29 is 139 Å². The van der Waals surface area contributed by atoms with E-state index in [1.807, 2.05) is 19.9 Å². The van der Waals surface area contributed by atoms with Crippen LogP contribution in [0.4, 0.5) is 0 Å². The summed E-state index contributed by atoms with van der Waals surface area (Å²) in [5.41, 5.74) is 2.68. The van der Waals surface area contributed by atoms with Gasteiger partial charge in [0.25, 0.3) is 0 Å². The number of hydrogen-bond acceptors (Lipinski definition) is 28. The maximum absolute atomic E-state index is 11.4. The average Bonchev–Trinajstić information content (AvgIpc) is 3.52. The van der Waals surface area contributed by atoms with Crippen LogP contribution in [0.1, 0.15) is 74.1 Å². The Labute approximate surface area is 457 Å². The van der Waals surface area contributed by atoms with Crippen molar-refractivity contribution in [3.63, 3.8) is 0 Å². The summed E-state index contributed by atoms with van der Waals surface area (Å²) in [6.07, 6.45) is -37.6. The number of allylic oxidation sites excluding steroid dienone is 4. The molecule has 0 aliphatic carbocycles. The first-order valence-corrected chi connectivity index (χ1v) is 26.8. The third-order valence-corrected chi connectivity index (χ3v) is 15.2. The van der Waals surface area contributed by atoms with E-state index in [1.165, 1.54) is 27.7 Å². The van der Waals surface area contributed by atoms with Crippen molar-refractivity contribution in [1.29, 1.82) is 0 Å². The van der Waals surface area contributed by atoms with Crippen LogP contribution in [0.15, 0.2) is 34.9 Å². The summed E-state index contributed by atoms with van der Waals surface area (Å²) in [4.78, 5) is 0. The second kappa shape index (κ2) is 29.8. The highest BCUT2D eigenvalue weighted by molar-refractivity contribution is 5.07. The van der Waals surface area contributed by atoms with Gasteiger partial charge in [0.15, 0.2) is 37.7 Å². The van der Waals surface area contributed by atoms with E-state index in [2.05, 4.69) is 6.08 Å². The van der Waals surface area contributed by atoms with Crippen molar-refractivity contribution in [1.82, 2.24) is 0 Å². The molecular weight excluding hydrogens is 1060 g/mol. The molecule has 6 heterocycles. The highest BCUT2D eigenvalue weighted by atomic mass is 16.8. The molecule has 16 N–H and O–H groups in total. The first kappa shape index (κ1) is 66.2. The Kier molecular flexibility index (Phi) is 25.0. The van der Waals surface area contributed by atoms with Crippen molar-refractivity contribution in [2.45, 2.75) is 258 Å². The Morgan fingerprint density at radius 2 is 0.646 bits per heavy atom. The second-order valence-corrected chi connectivity index (χ2v) is 21.4. The highest BCUT2D eigenvalue weighted by Crippen LogP contribution is 2.36. The molecule has 0 aromatic rings. The Morgan fingerprint density at radius 1 is 0.342 bits per heavy atom. The maximum atomic E-state index is 11.4. The smallest absolute Gasteiger partial charge is 0.187 e. The summed E-state index contributed by atoms with van der Waals surface area (Å²) < 4.78 is 70.8. The molecule has 6 aliphatic heterocycles. The van der Waals surface area contributed by atoms with Crippen molar-refractivity contribution in [2.24, 2.45) is 0 Å². The molecule has 6 saturated heterocycles. The zero-order valence-electron chi connectivity index (χ0n) is 45.3. The second-order valence-electron chi connectivity index (χ2n) is 21.4. The third-order valence-electron chi connectivity index (χ3n) is 15.2. The summed E-state index contributed by atoms with van der Waals surface area (Å²) in [6.45, 7) is 9.68. The number of ether oxygens (including phenoxy) is 12. The van der Waals surface area contributed by atoms with E-state index in [9.17, 15) is 81.7 Å². The van der Waals surface area contributed by atoms with Gasteiger partial charge in [0.05, 0.1) is 50.8 Å². The molecule has 0 aromatic heterocycles. The monoisotopic (exact) mass is 1150 g/mol. The molecule has 6 rings (SSSR count). The van der Waals surface area contributed by atoms with E-state index < -0.39 is 197 Å². The molecular formula is C51H86O28. The van der Waals surface area contributed by atoms with Crippen molar-refractivity contribution >= 4 is 0 Å². The van der Waals surface area contributed by atoms with Crippen LogP contribution >= 0.6 is 0 Å². The fourth-order valence-corrected chi connectivity index (χ4v) is 9.93. The zero-order chi connectivity index (χ0) is 58.3. The van der Waals surface area contributed by atoms with Gasteiger partial charge in [0, 0.05) is 0 Å². The van der Waals surface area contributed by atoms with Gasteiger partial charge in [-0.15, -0.1) is 0 Å². The van der Waals surface area contributed by atoms with Gasteiger partial charge in [0.1, 0.15) is 122 Å². The Bertz CT molecular complexity index is 1950. The van der Waals surface area contributed by atoms with Crippen molar-refractivity contribution in [3.8, 4) is 0 Å². The summed E-state index contributed by atoms with van der Waals surface area (Å²) in [7, 11) is 0. The standard InChI is InChI=1S/C51H86O28/c1-19(11-9-13-21(3)18-69-51-45(79-49-41(67)37(63)31(57)25(7)73-49)43(33(59)27(17-53)75-51)77-47-39(65)35(61)29(55)23(5)71-47)10-8-12-20(2)14-15-68-50-44(78-48-40(66)36(62)30(56)24(6)72-48)42(32(58)26(16-52)74-50)76-46-38(64)34(60)28(54)22(4)70-46/h10,13-14,22-67H,8-9,11-12,15-18H2,1-7H3/b19-10-,20-14-,21-13-/t22-,23-,24-,25-,26+,27+,28-,29-,30-,31-,32+,33+,34+,35+,36+,37+,38+,39+,40+,41+,42-,43-,44+,45+,46-,47-,48+,49-,50+,51+/m0/s1. The number of aliphatic hydroxyl groups excluding tert-OH is 16. The summed E-state index contributed by atoms with van der Waals surface area (Å²) in [5, 5.41) is 170. The number of rotatable bonds is 22. The van der Waals surface area contributed by atoms with Gasteiger partial charge in [-0.05, 0) is 74.1 Å². The fourth-order valence-electron chi connectivity index (χ4n) is 9.93. The van der Waals surface area contributed by atoms with Gasteiger partial charge in [-0.25, -0.2) is 0 Å². The lowest BCUT2D eigenvalue weighted by Gasteiger charge is -2.48. The zero-order valence-corrected chi connectivity index (χ0v) is 45.3. The van der Waals surface area contributed by atoms with Gasteiger partial charge in [-0.1, -0.05) is 34.9 Å². The van der Waals surface area contributed by atoms with Crippen LogP contribution < -0.4 is 0 Å². The molecule has 6 aliphatic rings. The Balaban J connectivity index is 1.06. The van der Waals surface area contributed by atoms with Gasteiger partial charge in [-0.3, -0.25) is 0 Å². The minimum Gasteiger partial charge on any atom is -0.394 e. The van der Waals surface area contributed by atoms with E-state index in [4.69, 9.17) is 56.8 Å². The average molecular weight is 1150 g/mol. The third kappa shape index (κ3) is 16.1. The van der Waals surface area contributed by atoms with Crippen LogP contribution in [0.25, 0.3) is 0 Å². The molecule has 79 heavy (non-hydrogen) atoms. The molecule has 0 radical (unpaired) electrons. The van der Waals surface area contributed by atoms with E-state index in [1.54, 1.807) is 13.0 Å². The maximum Gasteiger partial charge on any atom is 0.187 e. The normalized spacial score (nSPS) is 47.8. The van der Waals surface area contributed by atoms with Gasteiger partial charge in [-0.2, -0.15) is 0 Å². The van der Waals surface area contributed by atoms with E-state index in [-0.39, 0.29) is 13.2 Å². The van der Waals surface area contributed by atoms with Gasteiger partial charge in [0.2, 0.25) is 0 Å². The highest BCUT2D eigenvalue weighted by Gasteiger charge is 2.56. The molecule has 0 bridgehead atoms. The number of aliphatic hydroxyl groups is 16. The van der Waals surface area contributed by atoms with Gasteiger partial charge >= 0.3 is 0 Å². The van der Waals surface area contributed by atoms with E-state index in [0.29, 0.717) is 25.7 Å². The minimum atomic E-state index is -1.81. The van der Waals surface area contributed by atoms with Crippen LogP contribution in [0.3, 0.4) is 0 Å². The summed E-state index contributed by atoms with van der Waals surface area (Å²) in [6, 6.07) is 0. The first-order chi connectivity index (χ1) is 37.3. The van der Waals surface area contributed by atoms with Crippen LogP contribution in [0.5, 0.6) is 0 Å². The Hall–Kier alpha value is -1.90. The van der Waals surface area contributed by atoms with Crippen LogP contribution in [0, 0.1) is 0 Å². The fraction of sp³-hybridized carbons (Fsp3) is 0.882.